The first-order valence-electron chi connectivity index (χ1n) is 8.58. The summed E-state index contributed by atoms with van der Waals surface area (Å²) in [6.07, 6.45) is 4.61. The van der Waals surface area contributed by atoms with Crippen LogP contribution in [0.25, 0.3) is 22.4 Å². The minimum absolute atomic E-state index is 0.0136. The number of pyridine rings is 1. The van der Waals surface area contributed by atoms with Gasteiger partial charge in [-0.1, -0.05) is 0 Å². The zero-order valence-corrected chi connectivity index (χ0v) is 15.5. The molecule has 29 heavy (non-hydrogen) atoms. The van der Waals surface area contributed by atoms with Crippen molar-refractivity contribution in [3.63, 3.8) is 0 Å². The van der Waals surface area contributed by atoms with Crippen LogP contribution in [0.2, 0.25) is 0 Å². The van der Waals surface area contributed by atoms with Gasteiger partial charge in [0.15, 0.2) is 0 Å². The molecule has 0 aliphatic carbocycles. The van der Waals surface area contributed by atoms with E-state index in [-0.39, 0.29) is 5.56 Å². The van der Waals surface area contributed by atoms with Crippen LogP contribution in [-0.4, -0.2) is 31.2 Å². The van der Waals surface area contributed by atoms with Crippen LogP contribution < -0.4 is 5.73 Å². The Morgan fingerprint density at radius 1 is 1.14 bits per heavy atom. The minimum Gasteiger partial charge on any atom is -0.366 e. The molecular formula is C20H15F2N5O2. The van der Waals surface area contributed by atoms with Crippen molar-refractivity contribution in [1.82, 2.24) is 19.5 Å². The molecule has 7 nitrogen and oxygen atoms in total. The average Bonchev–Trinajstić information content (AvgIpc) is 3.24. The van der Waals surface area contributed by atoms with Crippen molar-refractivity contribution in [2.75, 3.05) is 0 Å². The summed E-state index contributed by atoms with van der Waals surface area (Å²) in [6, 6.07) is 3.41. The Bertz CT molecular complexity index is 1310. The molecule has 1 aromatic carbocycles. The van der Waals surface area contributed by atoms with Gasteiger partial charge in [-0.3, -0.25) is 9.59 Å². The van der Waals surface area contributed by atoms with E-state index in [1.54, 1.807) is 18.5 Å². The van der Waals surface area contributed by atoms with E-state index >= 15 is 0 Å². The summed E-state index contributed by atoms with van der Waals surface area (Å²) < 4.78 is 30.8. The number of carbonyl (C=O) groups excluding carboxylic acids is 2. The number of nitrogens with two attached hydrogens (primary N) is 1. The molecule has 146 valence electrons. The number of aromatic nitrogens is 4. The number of H-pyrrole nitrogens is 1. The first-order chi connectivity index (χ1) is 13.8. The van der Waals surface area contributed by atoms with E-state index in [0.717, 1.165) is 17.8 Å². The predicted molar refractivity (Wildman–Crippen MR) is 101 cm³/mol. The van der Waals surface area contributed by atoms with Crippen molar-refractivity contribution in [3.05, 3.63) is 70.8 Å². The number of rotatable bonds is 4. The van der Waals surface area contributed by atoms with Crippen LogP contribution >= 0.6 is 0 Å². The van der Waals surface area contributed by atoms with Gasteiger partial charge in [-0.2, -0.15) is 0 Å². The average molecular weight is 395 g/mol. The van der Waals surface area contributed by atoms with Gasteiger partial charge in [0.2, 0.25) is 5.78 Å². The molecule has 3 N–H and O–H groups in total. The second-order valence-electron chi connectivity index (χ2n) is 6.58. The number of nitrogens with zero attached hydrogens (tertiary/aromatic N) is 3. The fourth-order valence-corrected chi connectivity index (χ4v) is 3.16. The number of carbonyl (C=O) groups is 2. The van der Waals surface area contributed by atoms with Gasteiger partial charge in [0.05, 0.1) is 11.1 Å². The normalized spacial score (nSPS) is 11.2. The van der Waals surface area contributed by atoms with Crippen LogP contribution in [0.15, 0.2) is 36.8 Å². The molecule has 0 aliphatic rings. The highest BCUT2D eigenvalue weighted by molar-refractivity contribution is 6.17. The van der Waals surface area contributed by atoms with Gasteiger partial charge in [0, 0.05) is 47.8 Å². The number of imidazole rings is 1. The number of halogens is 2. The van der Waals surface area contributed by atoms with Crippen molar-refractivity contribution in [3.8, 4) is 11.4 Å². The number of fused-ring (bicyclic) bond motifs is 1. The quantitative estimate of drug-likeness (QED) is 0.518. The molecule has 4 aromatic rings. The maximum absolute atomic E-state index is 14.6. The molecule has 0 bridgehead atoms. The molecule has 0 radical (unpaired) electrons. The molecule has 4 rings (SSSR count). The van der Waals surface area contributed by atoms with Gasteiger partial charge in [0.1, 0.15) is 23.1 Å². The first kappa shape index (κ1) is 18.5. The van der Waals surface area contributed by atoms with E-state index in [0.29, 0.717) is 22.4 Å². The molecule has 0 atom stereocenters. The Hall–Kier alpha value is -3.88. The van der Waals surface area contributed by atoms with Crippen molar-refractivity contribution in [1.29, 1.82) is 0 Å². The van der Waals surface area contributed by atoms with Crippen LogP contribution in [0.1, 0.15) is 32.0 Å². The van der Waals surface area contributed by atoms with Gasteiger partial charge in [-0.15, -0.1) is 0 Å². The van der Waals surface area contributed by atoms with Gasteiger partial charge in [-0.25, -0.2) is 18.7 Å². The molecule has 0 saturated carbocycles. The van der Waals surface area contributed by atoms with E-state index in [1.807, 2.05) is 18.5 Å². The maximum atomic E-state index is 14.6. The second kappa shape index (κ2) is 6.62. The highest BCUT2D eigenvalue weighted by Gasteiger charge is 2.26. The Kier molecular flexibility index (Phi) is 4.22. The Morgan fingerprint density at radius 2 is 1.90 bits per heavy atom. The highest BCUT2D eigenvalue weighted by atomic mass is 19.1. The summed E-state index contributed by atoms with van der Waals surface area (Å²) in [5.74, 6) is -3.77. The summed E-state index contributed by atoms with van der Waals surface area (Å²) in [4.78, 5) is 35.7. The third kappa shape index (κ3) is 2.87. The van der Waals surface area contributed by atoms with E-state index in [9.17, 15) is 18.4 Å². The first-order valence-corrected chi connectivity index (χ1v) is 8.58. The zero-order valence-electron chi connectivity index (χ0n) is 15.5. The number of nitrogens with one attached hydrogen (secondary N) is 1. The van der Waals surface area contributed by atoms with Crippen LogP contribution in [0.5, 0.6) is 0 Å². The SMILES string of the molecule is Cc1cnc(-c2cnc3[nH]cc(C(=O)c4c(F)ccc(C(N)=O)c4F)c3c2)n1C. The molecule has 9 heteroatoms. The van der Waals surface area contributed by atoms with Crippen molar-refractivity contribution in [2.24, 2.45) is 12.8 Å². The molecule has 0 saturated heterocycles. The molecule has 3 heterocycles. The summed E-state index contributed by atoms with van der Waals surface area (Å²) in [6.45, 7) is 1.89. The van der Waals surface area contributed by atoms with Crippen molar-refractivity contribution < 1.29 is 18.4 Å². The molecule has 3 aromatic heterocycles. The lowest BCUT2D eigenvalue weighted by atomic mass is 9.99. The van der Waals surface area contributed by atoms with Crippen LogP contribution in [0.4, 0.5) is 8.78 Å². The Morgan fingerprint density at radius 3 is 2.55 bits per heavy atom. The topological polar surface area (TPSA) is 107 Å². The van der Waals surface area contributed by atoms with Gasteiger partial charge in [0.25, 0.3) is 5.91 Å². The summed E-state index contributed by atoms with van der Waals surface area (Å²) in [5.41, 5.74) is 5.65. The number of aromatic amines is 1. The van der Waals surface area contributed by atoms with Crippen LogP contribution in [0.3, 0.4) is 0 Å². The molecule has 0 unspecified atom stereocenters. The predicted octanol–water partition coefficient (Wildman–Crippen LogP) is 2.88. The second-order valence-corrected chi connectivity index (χ2v) is 6.58. The Balaban J connectivity index is 1.88. The number of primary amides is 1. The lowest BCUT2D eigenvalue weighted by molar-refractivity contribution is 0.0996. The van der Waals surface area contributed by atoms with E-state index in [1.165, 1.54) is 6.20 Å². The van der Waals surface area contributed by atoms with E-state index in [4.69, 9.17) is 5.73 Å². The smallest absolute Gasteiger partial charge is 0.251 e. The van der Waals surface area contributed by atoms with Crippen molar-refractivity contribution in [2.45, 2.75) is 6.92 Å². The largest absolute Gasteiger partial charge is 0.366 e. The number of ketones is 1. The lowest BCUT2D eigenvalue weighted by Gasteiger charge is -2.07. The molecule has 0 fully saturated rings. The number of benzene rings is 1. The third-order valence-electron chi connectivity index (χ3n) is 4.84. The molecule has 1 amide bonds. The van der Waals surface area contributed by atoms with Crippen molar-refractivity contribution >= 4 is 22.7 Å². The van der Waals surface area contributed by atoms with Crippen LogP contribution in [-0.2, 0) is 7.05 Å². The van der Waals surface area contributed by atoms with Gasteiger partial charge >= 0.3 is 0 Å². The number of amides is 1. The standard InChI is InChI=1S/C20H15F2N5O2/c1-9-6-26-20(27(9)2)10-5-12-13(8-25-19(12)24-7-10)17(28)15-14(21)4-3-11(16(15)22)18(23)29/h3-8H,1-2H3,(H2,23,29)(H,24,25). The number of hydrogen-bond donors (Lipinski definition) is 2. The number of aryl methyl sites for hydroxylation is 1. The summed E-state index contributed by atoms with van der Waals surface area (Å²) >= 11 is 0. The summed E-state index contributed by atoms with van der Waals surface area (Å²) in [7, 11) is 1.84. The minimum atomic E-state index is -1.29. The molecule has 0 spiro atoms. The van der Waals surface area contributed by atoms with Gasteiger partial charge in [-0.05, 0) is 25.1 Å². The monoisotopic (exact) mass is 395 g/mol. The van der Waals surface area contributed by atoms with Gasteiger partial charge < -0.3 is 15.3 Å². The molecular weight excluding hydrogens is 380 g/mol. The Labute approximate surface area is 163 Å². The summed E-state index contributed by atoms with van der Waals surface area (Å²) in [5, 5.41) is 0.372. The van der Waals surface area contributed by atoms with Crippen LogP contribution in [0, 0.1) is 18.6 Å². The third-order valence-corrected chi connectivity index (χ3v) is 4.84. The van der Waals surface area contributed by atoms with E-state index < -0.39 is 34.5 Å². The molecule has 0 aliphatic heterocycles. The number of hydrogen-bond acceptors (Lipinski definition) is 4. The fourth-order valence-electron chi connectivity index (χ4n) is 3.16. The fraction of sp³-hybridized carbons (Fsp3) is 0.100. The maximum Gasteiger partial charge on any atom is 0.251 e. The van der Waals surface area contributed by atoms with E-state index in [2.05, 4.69) is 15.0 Å². The zero-order chi connectivity index (χ0) is 20.9. The highest BCUT2D eigenvalue weighted by Crippen LogP contribution is 2.28. The lowest BCUT2D eigenvalue weighted by Crippen LogP contribution is -2.17.